The molecule has 0 unspecified atom stereocenters. The van der Waals surface area contributed by atoms with Crippen LogP contribution in [0, 0.1) is 0 Å². The van der Waals surface area contributed by atoms with Gasteiger partial charge < -0.3 is 25.8 Å². The molecule has 5 N–H and O–H groups in total. The van der Waals surface area contributed by atoms with Crippen LogP contribution in [0.2, 0.25) is 0 Å². The number of benzene rings is 1. The van der Waals surface area contributed by atoms with E-state index in [-0.39, 0.29) is 17.0 Å². The Morgan fingerprint density at radius 1 is 1.04 bits per heavy atom. The Kier molecular flexibility index (Phi) is 4.21. The lowest BCUT2D eigenvalue weighted by Gasteiger charge is -2.17. The highest BCUT2D eigenvalue weighted by Crippen LogP contribution is 2.31. The fourth-order valence-electron chi connectivity index (χ4n) is 3.06. The zero-order chi connectivity index (χ0) is 19.0. The summed E-state index contributed by atoms with van der Waals surface area (Å²) in [6.45, 7) is 0.580. The number of nitrogens with two attached hydrogens (primary N) is 1. The molecule has 0 aliphatic carbocycles. The summed E-state index contributed by atoms with van der Waals surface area (Å²) in [5.74, 6) is -3.48. The number of carbonyl (C=O) groups excluding carboxylic acids is 1. The first-order chi connectivity index (χ1) is 12.3. The maximum Gasteiger partial charge on any atom is 0.342 e. The third kappa shape index (κ3) is 2.79. The second-order valence-electron chi connectivity index (χ2n) is 5.80. The number of carboxylic acid groups (broad SMARTS) is 2. The Hall–Kier alpha value is -3.62. The summed E-state index contributed by atoms with van der Waals surface area (Å²) in [6, 6.07) is 6.09. The van der Waals surface area contributed by atoms with E-state index in [0.717, 1.165) is 6.42 Å². The van der Waals surface area contributed by atoms with Gasteiger partial charge in [0.2, 0.25) is 5.91 Å². The van der Waals surface area contributed by atoms with Crippen LogP contribution in [0.25, 0.3) is 11.1 Å². The van der Waals surface area contributed by atoms with Crippen LogP contribution in [0.3, 0.4) is 0 Å². The van der Waals surface area contributed by atoms with Crippen molar-refractivity contribution < 1.29 is 24.6 Å². The molecule has 0 atom stereocenters. The van der Waals surface area contributed by atoms with Gasteiger partial charge in [0, 0.05) is 24.2 Å². The highest BCUT2D eigenvalue weighted by atomic mass is 16.4. The van der Waals surface area contributed by atoms with Crippen LogP contribution < -0.4 is 16.2 Å². The van der Waals surface area contributed by atoms with Gasteiger partial charge in [-0.1, -0.05) is 12.1 Å². The van der Waals surface area contributed by atoms with Crippen LogP contribution >= 0.6 is 0 Å². The SMILES string of the molecule is Nc1[nH]c(=O)c(C(=O)O)c(-c2ccc(N3CCCC3=O)cc2)c1C(=O)O. The number of rotatable bonds is 4. The summed E-state index contributed by atoms with van der Waals surface area (Å²) in [5.41, 5.74) is 3.95. The van der Waals surface area contributed by atoms with Crippen molar-refractivity contribution in [2.75, 3.05) is 17.2 Å². The largest absolute Gasteiger partial charge is 0.478 e. The van der Waals surface area contributed by atoms with Gasteiger partial charge in [-0.2, -0.15) is 0 Å². The molecule has 0 bridgehead atoms. The first kappa shape index (κ1) is 17.2. The van der Waals surface area contributed by atoms with E-state index < -0.39 is 34.4 Å². The molecule has 0 radical (unpaired) electrons. The molecule has 26 heavy (non-hydrogen) atoms. The molecule has 1 saturated heterocycles. The van der Waals surface area contributed by atoms with E-state index >= 15 is 0 Å². The number of anilines is 2. The summed E-state index contributed by atoms with van der Waals surface area (Å²) < 4.78 is 0. The number of nitrogens with one attached hydrogen (secondary N) is 1. The Bertz CT molecular complexity index is 977. The van der Waals surface area contributed by atoms with E-state index in [1.165, 1.54) is 12.1 Å². The molecule has 1 aliphatic rings. The van der Waals surface area contributed by atoms with Gasteiger partial charge in [-0.25, -0.2) is 9.59 Å². The maximum atomic E-state index is 12.0. The van der Waals surface area contributed by atoms with Crippen molar-refractivity contribution in [3.05, 3.63) is 45.7 Å². The maximum absolute atomic E-state index is 12.0. The van der Waals surface area contributed by atoms with Crippen LogP contribution in [0.5, 0.6) is 0 Å². The number of aromatic nitrogens is 1. The molecule has 134 valence electrons. The fraction of sp³-hybridized carbons (Fsp3) is 0.176. The molecule has 1 fully saturated rings. The molecule has 1 amide bonds. The highest BCUT2D eigenvalue weighted by Gasteiger charge is 2.27. The standard InChI is InChI=1S/C17H15N3O6/c18-14-12(16(23)24)11(13(17(25)26)15(22)19-14)8-3-5-9(6-4-8)20-7-1-2-10(20)21/h3-6H,1-2,7H2,(H,23,24)(H,25,26)(H3,18,19,22). The van der Waals surface area contributed by atoms with Crippen molar-refractivity contribution >= 4 is 29.4 Å². The molecule has 0 saturated carbocycles. The predicted molar refractivity (Wildman–Crippen MR) is 92.4 cm³/mol. The van der Waals surface area contributed by atoms with Crippen molar-refractivity contribution in [2.45, 2.75) is 12.8 Å². The molecule has 1 aromatic carbocycles. The lowest BCUT2D eigenvalue weighted by Crippen LogP contribution is -2.24. The van der Waals surface area contributed by atoms with Gasteiger partial charge in [-0.3, -0.25) is 9.59 Å². The molecular formula is C17H15N3O6. The number of hydrogen-bond donors (Lipinski definition) is 4. The quantitative estimate of drug-likeness (QED) is 0.640. The number of pyridine rings is 1. The normalized spacial score (nSPS) is 13.8. The minimum atomic E-state index is -1.57. The second-order valence-corrected chi connectivity index (χ2v) is 5.80. The van der Waals surface area contributed by atoms with Gasteiger partial charge in [0.25, 0.3) is 5.56 Å². The highest BCUT2D eigenvalue weighted by molar-refractivity contribution is 6.07. The average molecular weight is 357 g/mol. The number of H-pyrrole nitrogens is 1. The van der Waals surface area contributed by atoms with E-state index in [9.17, 15) is 29.4 Å². The van der Waals surface area contributed by atoms with E-state index in [1.54, 1.807) is 17.0 Å². The molecule has 2 aromatic rings. The lowest BCUT2D eigenvalue weighted by molar-refractivity contribution is -0.117. The summed E-state index contributed by atoms with van der Waals surface area (Å²) in [7, 11) is 0. The monoisotopic (exact) mass is 357 g/mol. The molecule has 2 heterocycles. The third-order valence-electron chi connectivity index (χ3n) is 4.21. The van der Waals surface area contributed by atoms with E-state index in [4.69, 9.17) is 5.73 Å². The number of hydrogen-bond acceptors (Lipinski definition) is 5. The average Bonchev–Trinajstić information content (AvgIpc) is 2.99. The summed E-state index contributed by atoms with van der Waals surface area (Å²) in [6.07, 6.45) is 1.20. The minimum absolute atomic E-state index is 0.0180. The zero-order valence-electron chi connectivity index (χ0n) is 13.5. The van der Waals surface area contributed by atoms with Gasteiger partial charge in [0.05, 0.1) is 0 Å². The first-order valence-electron chi connectivity index (χ1n) is 7.74. The van der Waals surface area contributed by atoms with E-state index in [2.05, 4.69) is 0 Å². The summed E-state index contributed by atoms with van der Waals surface area (Å²) in [4.78, 5) is 50.5. The molecular weight excluding hydrogens is 342 g/mol. The van der Waals surface area contributed by atoms with Crippen molar-refractivity contribution in [1.29, 1.82) is 0 Å². The molecule has 1 aliphatic heterocycles. The van der Waals surface area contributed by atoms with Crippen molar-refractivity contribution in [1.82, 2.24) is 4.98 Å². The number of nitrogen functional groups attached to an aromatic ring is 1. The third-order valence-corrected chi connectivity index (χ3v) is 4.21. The van der Waals surface area contributed by atoms with Crippen LogP contribution in [-0.2, 0) is 4.79 Å². The first-order valence-corrected chi connectivity index (χ1v) is 7.74. The van der Waals surface area contributed by atoms with E-state index in [1.807, 2.05) is 4.98 Å². The van der Waals surface area contributed by atoms with Gasteiger partial charge in [0.15, 0.2) is 0 Å². The van der Waals surface area contributed by atoms with Crippen LogP contribution in [-0.4, -0.2) is 39.6 Å². The topological polar surface area (TPSA) is 154 Å². The van der Waals surface area contributed by atoms with Gasteiger partial charge in [0.1, 0.15) is 16.9 Å². The van der Waals surface area contributed by atoms with Crippen LogP contribution in [0.4, 0.5) is 11.5 Å². The molecule has 9 heteroatoms. The predicted octanol–water partition coefficient (Wildman–Crippen LogP) is 1.15. The number of aromatic carboxylic acids is 2. The number of nitrogens with zero attached hydrogens (tertiary/aromatic N) is 1. The Labute approximate surface area is 146 Å². The van der Waals surface area contributed by atoms with Crippen LogP contribution in [0.15, 0.2) is 29.1 Å². The zero-order valence-corrected chi connectivity index (χ0v) is 13.5. The second kappa shape index (κ2) is 6.36. The summed E-state index contributed by atoms with van der Waals surface area (Å²) in [5, 5.41) is 18.8. The van der Waals surface area contributed by atoms with Crippen LogP contribution in [0.1, 0.15) is 33.6 Å². The Balaban J connectivity index is 2.19. The minimum Gasteiger partial charge on any atom is -0.478 e. The van der Waals surface area contributed by atoms with Gasteiger partial charge in [-0.05, 0) is 24.1 Å². The number of amides is 1. The Morgan fingerprint density at radius 2 is 1.65 bits per heavy atom. The fourth-order valence-corrected chi connectivity index (χ4v) is 3.06. The lowest BCUT2D eigenvalue weighted by atomic mass is 9.95. The number of aromatic amines is 1. The van der Waals surface area contributed by atoms with E-state index in [0.29, 0.717) is 18.7 Å². The van der Waals surface area contributed by atoms with Crippen molar-refractivity contribution in [3.8, 4) is 11.1 Å². The smallest absolute Gasteiger partial charge is 0.342 e. The number of carboxylic acids is 2. The number of carbonyl (C=O) groups is 3. The van der Waals surface area contributed by atoms with Gasteiger partial charge in [-0.15, -0.1) is 0 Å². The Morgan fingerprint density at radius 3 is 2.15 bits per heavy atom. The molecule has 3 rings (SSSR count). The van der Waals surface area contributed by atoms with Crippen molar-refractivity contribution in [2.24, 2.45) is 0 Å². The molecule has 0 spiro atoms. The molecule has 9 nitrogen and oxygen atoms in total. The van der Waals surface area contributed by atoms with Gasteiger partial charge >= 0.3 is 11.9 Å². The van der Waals surface area contributed by atoms with Crippen molar-refractivity contribution in [3.63, 3.8) is 0 Å². The summed E-state index contributed by atoms with van der Waals surface area (Å²) >= 11 is 0. The molecule has 1 aromatic heterocycles.